The Morgan fingerprint density at radius 2 is 1.93 bits per heavy atom. The maximum atomic E-state index is 4.62. The number of pyridine rings is 1. The van der Waals surface area contributed by atoms with E-state index in [0.717, 1.165) is 17.2 Å². The van der Waals surface area contributed by atoms with Gasteiger partial charge in [-0.15, -0.1) is 18.3 Å². The second-order valence-electron chi connectivity index (χ2n) is 8.38. The maximum absolute atomic E-state index is 4.62. The summed E-state index contributed by atoms with van der Waals surface area (Å²) >= 11 is 2.10. The van der Waals surface area contributed by atoms with E-state index < -0.39 is 0 Å². The topological polar surface area (TPSA) is 16.1 Å². The van der Waals surface area contributed by atoms with E-state index >= 15 is 0 Å². The molecule has 3 heteroatoms. The Kier molecular flexibility index (Phi) is 5.43. The standard InChI is InChI=1S/C26H28N2S/c1-2-20-17-28-15-13-21(20)16-25(28)26(29-18-19-8-4-3-5-9-19)23-12-14-27-24-11-7-6-10-22(23)24/h2-12,14,20-21,25-26H,1,13,15-18H2/t20-,21-,25+,26-/m0/s1. The van der Waals surface area contributed by atoms with E-state index in [1.165, 1.54) is 42.4 Å². The van der Waals surface area contributed by atoms with Crippen LogP contribution in [0, 0.1) is 11.8 Å². The molecule has 3 fully saturated rings. The fourth-order valence-corrected chi connectivity index (χ4v) is 6.68. The lowest BCUT2D eigenvalue weighted by atomic mass is 9.74. The molecule has 4 heterocycles. The zero-order valence-corrected chi connectivity index (χ0v) is 17.6. The van der Waals surface area contributed by atoms with E-state index in [2.05, 4.69) is 95.0 Å². The van der Waals surface area contributed by atoms with Gasteiger partial charge in [0.1, 0.15) is 0 Å². The second-order valence-corrected chi connectivity index (χ2v) is 9.51. The highest BCUT2D eigenvalue weighted by atomic mass is 32.2. The molecule has 0 aliphatic carbocycles. The first-order chi connectivity index (χ1) is 14.3. The first kappa shape index (κ1) is 18.9. The number of thioether (sulfide) groups is 1. The molecule has 0 saturated carbocycles. The summed E-state index contributed by atoms with van der Waals surface area (Å²) in [5.41, 5.74) is 3.96. The zero-order chi connectivity index (χ0) is 19.6. The number of hydrogen-bond acceptors (Lipinski definition) is 3. The highest BCUT2D eigenvalue weighted by molar-refractivity contribution is 7.98. The molecule has 2 bridgehead atoms. The van der Waals surface area contributed by atoms with E-state index in [-0.39, 0.29) is 0 Å². The van der Waals surface area contributed by atoms with Crippen molar-refractivity contribution >= 4 is 22.7 Å². The zero-order valence-electron chi connectivity index (χ0n) is 16.8. The minimum atomic E-state index is 0.455. The van der Waals surface area contributed by atoms with Crippen molar-refractivity contribution in [1.82, 2.24) is 9.88 Å². The quantitative estimate of drug-likeness (QED) is 0.465. The predicted octanol–water partition coefficient (Wildman–Crippen LogP) is 6.11. The molecule has 1 unspecified atom stereocenters. The largest absolute Gasteiger partial charge is 0.298 e. The number of hydrogen-bond donors (Lipinski definition) is 0. The molecule has 2 aromatic carbocycles. The Bertz CT molecular complexity index is 981. The minimum Gasteiger partial charge on any atom is -0.298 e. The van der Waals surface area contributed by atoms with Crippen molar-refractivity contribution in [1.29, 1.82) is 0 Å². The van der Waals surface area contributed by atoms with Gasteiger partial charge in [0.15, 0.2) is 0 Å². The van der Waals surface area contributed by atoms with Crippen LogP contribution in [0.2, 0.25) is 0 Å². The summed E-state index contributed by atoms with van der Waals surface area (Å²) in [7, 11) is 0. The third-order valence-corrected chi connectivity index (χ3v) is 8.19. The Morgan fingerprint density at radius 3 is 2.72 bits per heavy atom. The molecule has 0 spiro atoms. The average molecular weight is 401 g/mol. The van der Waals surface area contributed by atoms with Gasteiger partial charge in [-0.2, -0.15) is 0 Å². The molecule has 3 saturated heterocycles. The molecule has 3 aliphatic rings. The second kappa shape index (κ2) is 8.33. The van der Waals surface area contributed by atoms with Gasteiger partial charge in [-0.25, -0.2) is 0 Å². The molecular formula is C26H28N2S. The highest BCUT2D eigenvalue weighted by Crippen LogP contribution is 2.47. The smallest absolute Gasteiger partial charge is 0.0705 e. The van der Waals surface area contributed by atoms with Crippen LogP contribution in [0.4, 0.5) is 0 Å². The Hall–Kier alpha value is -2.10. The van der Waals surface area contributed by atoms with Crippen LogP contribution in [0.25, 0.3) is 10.9 Å². The summed E-state index contributed by atoms with van der Waals surface area (Å²) in [6, 6.07) is 22.4. The van der Waals surface area contributed by atoms with Gasteiger partial charge >= 0.3 is 0 Å². The normalized spacial score (nSPS) is 27.0. The lowest BCUT2D eigenvalue weighted by Crippen LogP contribution is -2.54. The molecule has 148 valence electrons. The monoisotopic (exact) mass is 400 g/mol. The summed E-state index contributed by atoms with van der Waals surface area (Å²) in [6.45, 7) is 6.51. The molecular weight excluding hydrogens is 372 g/mol. The van der Waals surface area contributed by atoms with Crippen LogP contribution in [0.15, 0.2) is 79.5 Å². The number of rotatable bonds is 6. The van der Waals surface area contributed by atoms with Gasteiger partial charge < -0.3 is 0 Å². The lowest BCUT2D eigenvalue weighted by Gasteiger charge is -2.51. The number of para-hydroxylation sites is 1. The molecule has 0 radical (unpaired) electrons. The molecule has 1 aromatic heterocycles. The number of fused-ring (bicyclic) bond motifs is 4. The van der Waals surface area contributed by atoms with E-state index in [1.807, 2.05) is 6.20 Å². The number of nitrogens with zero attached hydrogens (tertiary/aromatic N) is 2. The van der Waals surface area contributed by atoms with Crippen LogP contribution < -0.4 is 0 Å². The summed E-state index contributed by atoms with van der Waals surface area (Å²) < 4.78 is 0. The first-order valence-corrected chi connectivity index (χ1v) is 11.7. The fraction of sp³-hybridized carbons (Fsp3) is 0.346. The predicted molar refractivity (Wildman–Crippen MR) is 124 cm³/mol. The van der Waals surface area contributed by atoms with Gasteiger partial charge in [0.25, 0.3) is 0 Å². The van der Waals surface area contributed by atoms with Crippen molar-refractivity contribution in [2.24, 2.45) is 11.8 Å². The van der Waals surface area contributed by atoms with Gasteiger partial charge in [0.2, 0.25) is 0 Å². The SMILES string of the molecule is C=C[C@H]1CN2CC[C@H]1C[C@@H]2[C@@H](SCc1ccccc1)c1ccnc2ccccc12. The van der Waals surface area contributed by atoms with Gasteiger partial charge in [-0.1, -0.05) is 54.6 Å². The van der Waals surface area contributed by atoms with Gasteiger partial charge in [0, 0.05) is 35.2 Å². The van der Waals surface area contributed by atoms with E-state index in [9.17, 15) is 0 Å². The third kappa shape index (κ3) is 3.74. The van der Waals surface area contributed by atoms with Crippen molar-refractivity contribution < 1.29 is 0 Å². The van der Waals surface area contributed by atoms with Crippen molar-refractivity contribution in [2.75, 3.05) is 13.1 Å². The molecule has 2 nitrogen and oxygen atoms in total. The molecule has 3 aliphatic heterocycles. The van der Waals surface area contributed by atoms with Gasteiger partial charge in [-0.3, -0.25) is 9.88 Å². The highest BCUT2D eigenvalue weighted by Gasteiger charge is 2.42. The van der Waals surface area contributed by atoms with Crippen molar-refractivity contribution in [3.05, 3.63) is 90.6 Å². The van der Waals surface area contributed by atoms with Gasteiger partial charge in [0.05, 0.1) is 5.52 Å². The maximum Gasteiger partial charge on any atom is 0.0705 e. The first-order valence-electron chi connectivity index (χ1n) is 10.7. The van der Waals surface area contributed by atoms with Crippen molar-refractivity contribution in [3.8, 4) is 0 Å². The summed E-state index contributed by atoms with van der Waals surface area (Å²) in [5, 5.41) is 1.76. The fourth-order valence-electron chi connectivity index (χ4n) is 5.23. The van der Waals surface area contributed by atoms with Crippen LogP contribution in [-0.2, 0) is 5.75 Å². The van der Waals surface area contributed by atoms with Crippen LogP contribution in [0.3, 0.4) is 0 Å². The van der Waals surface area contributed by atoms with E-state index in [4.69, 9.17) is 0 Å². The molecule has 0 N–H and O–H groups in total. The summed E-state index contributed by atoms with van der Waals surface area (Å²) in [6.07, 6.45) is 6.79. The number of piperidine rings is 3. The summed E-state index contributed by atoms with van der Waals surface area (Å²) in [5.74, 6) is 2.49. The van der Waals surface area contributed by atoms with Gasteiger partial charge in [-0.05, 0) is 54.5 Å². The number of aromatic nitrogens is 1. The number of benzene rings is 2. The molecule has 3 aromatic rings. The molecule has 6 rings (SSSR count). The van der Waals surface area contributed by atoms with E-state index in [0.29, 0.717) is 17.2 Å². The van der Waals surface area contributed by atoms with E-state index in [1.54, 1.807) is 0 Å². The van der Waals surface area contributed by atoms with Crippen LogP contribution >= 0.6 is 11.8 Å². The van der Waals surface area contributed by atoms with Crippen molar-refractivity contribution in [3.63, 3.8) is 0 Å². The van der Waals surface area contributed by atoms with Crippen LogP contribution in [-0.4, -0.2) is 29.0 Å². The molecule has 5 atom stereocenters. The Labute approximate surface area is 178 Å². The van der Waals surface area contributed by atoms with Crippen LogP contribution in [0.5, 0.6) is 0 Å². The third-order valence-electron chi connectivity index (χ3n) is 6.77. The molecule has 0 amide bonds. The lowest BCUT2D eigenvalue weighted by molar-refractivity contribution is 0.0183. The molecule has 29 heavy (non-hydrogen) atoms. The Balaban J connectivity index is 1.50. The van der Waals surface area contributed by atoms with Crippen molar-refractivity contribution in [2.45, 2.75) is 29.9 Å². The average Bonchev–Trinajstić information content (AvgIpc) is 2.80. The van der Waals surface area contributed by atoms with Crippen LogP contribution in [0.1, 0.15) is 29.2 Å². The Morgan fingerprint density at radius 1 is 1.10 bits per heavy atom. The minimum absolute atomic E-state index is 0.455. The summed E-state index contributed by atoms with van der Waals surface area (Å²) in [4.78, 5) is 7.37.